The molecule has 2 unspecified atom stereocenters. The van der Waals surface area contributed by atoms with Gasteiger partial charge in [-0.2, -0.15) is 0 Å². The van der Waals surface area contributed by atoms with E-state index in [-0.39, 0.29) is 11.8 Å². The highest BCUT2D eigenvalue weighted by Crippen LogP contribution is 2.32. The highest BCUT2D eigenvalue weighted by Gasteiger charge is 2.34. The highest BCUT2D eigenvalue weighted by atomic mass is 16.4. The quantitative estimate of drug-likeness (QED) is 0.698. The zero-order valence-electron chi connectivity index (χ0n) is 11.7. The number of hydrogen-bond donors (Lipinski definition) is 3. The Hall–Kier alpha value is -1.10. The molecule has 0 aromatic carbocycles. The molecule has 2 heterocycles. The maximum Gasteiger partial charge on any atom is 0.326 e. The molecular weight excluding hydrogens is 244 g/mol. The van der Waals surface area contributed by atoms with Crippen molar-refractivity contribution in [3.05, 3.63) is 0 Å². The number of carbonyl (C=O) groups is 2. The molecule has 0 spiro atoms. The standard InChI is InChI=1S/C14H24N2O3/c1-8(2)13(14(18)19)16-12(17)7-9-5-10-3-4-11(6-9)15-10/h8-11,13,15H,3-7H2,1-2H3,(H,16,17)(H,18,19)/t9?,10?,11?,13-/m0/s1. The average Bonchev–Trinajstić information content (AvgIpc) is 2.65. The molecule has 2 rings (SSSR count). The van der Waals surface area contributed by atoms with Gasteiger partial charge in [0.2, 0.25) is 5.91 Å². The Morgan fingerprint density at radius 3 is 2.32 bits per heavy atom. The van der Waals surface area contributed by atoms with Crippen LogP contribution in [0.4, 0.5) is 0 Å². The second-order valence-electron chi connectivity index (χ2n) is 6.31. The molecule has 3 N–H and O–H groups in total. The molecule has 5 heteroatoms. The van der Waals surface area contributed by atoms with Crippen molar-refractivity contribution in [3.63, 3.8) is 0 Å². The minimum Gasteiger partial charge on any atom is -0.480 e. The molecule has 2 saturated heterocycles. The van der Waals surface area contributed by atoms with Gasteiger partial charge >= 0.3 is 5.97 Å². The Morgan fingerprint density at radius 1 is 1.26 bits per heavy atom. The summed E-state index contributed by atoms with van der Waals surface area (Å²) >= 11 is 0. The molecule has 3 atom stereocenters. The fourth-order valence-corrected chi connectivity index (χ4v) is 3.35. The lowest BCUT2D eigenvalue weighted by molar-refractivity contribution is -0.143. The van der Waals surface area contributed by atoms with E-state index in [0.29, 0.717) is 24.4 Å². The van der Waals surface area contributed by atoms with Crippen molar-refractivity contribution < 1.29 is 14.7 Å². The van der Waals surface area contributed by atoms with E-state index in [2.05, 4.69) is 10.6 Å². The van der Waals surface area contributed by atoms with Crippen LogP contribution in [0, 0.1) is 11.8 Å². The molecule has 1 amide bonds. The highest BCUT2D eigenvalue weighted by molar-refractivity contribution is 5.83. The summed E-state index contributed by atoms with van der Waals surface area (Å²) in [7, 11) is 0. The largest absolute Gasteiger partial charge is 0.480 e. The van der Waals surface area contributed by atoms with Crippen LogP contribution in [0.3, 0.4) is 0 Å². The zero-order valence-corrected chi connectivity index (χ0v) is 11.7. The van der Waals surface area contributed by atoms with E-state index in [1.165, 1.54) is 12.8 Å². The average molecular weight is 268 g/mol. The Bertz CT molecular complexity index is 345. The SMILES string of the molecule is CC(C)[C@H](NC(=O)CC1CC2CCC(C1)N2)C(=O)O. The molecule has 0 aromatic heterocycles. The summed E-state index contributed by atoms with van der Waals surface area (Å²) in [4.78, 5) is 23.0. The Labute approximate surface area is 114 Å². The number of rotatable bonds is 5. The van der Waals surface area contributed by atoms with Gasteiger partial charge in [0.05, 0.1) is 0 Å². The lowest BCUT2D eigenvalue weighted by Crippen LogP contribution is -2.46. The molecule has 2 aliphatic rings. The second kappa shape index (κ2) is 5.90. The summed E-state index contributed by atoms with van der Waals surface area (Å²) in [6, 6.07) is 0.361. The maximum atomic E-state index is 12.0. The lowest BCUT2D eigenvalue weighted by atomic mass is 9.89. The minimum atomic E-state index is -0.950. The van der Waals surface area contributed by atoms with Gasteiger partial charge in [-0.05, 0) is 37.5 Å². The first-order valence-electron chi connectivity index (χ1n) is 7.24. The number of carboxylic acid groups (broad SMARTS) is 1. The van der Waals surface area contributed by atoms with Crippen molar-refractivity contribution in [2.75, 3.05) is 0 Å². The number of amides is 1. The first kappa shape index (κ1) is 14.3. The van der Waals surface area contributed by atoms with E-state index in [4.69, 9.17) is 5.11 Å². The lowest BCUT2D eigenvalue weighted by Gasteiger charge is -2.29. The van der Waals surface area contributed by atoms with Gasteiger partial charge in [0, 0.05) is 18.5 Å². The van der Waals surface area contributed by atoms with Gasteiger partial charge in [-0.25, -0.2) is 4.79 Å². The molecule has 2 bridgehead atoms. The van der Waals surface area contributed by atoms with E-state index in [1.54, 1.807) is 0 Å². The second-order valence-corrected chi connectivity index (χ2v) is 6.31. The normalized spacial score (nSPS) is 31.2. The Balaban J connectivity index is 1.82. The monoisotopic (exact) mass is 268 g/mol. The molecule has 5 nitrogen and oxygen atoms in total. The summed E-state index contributed by atoms with van der Waals surface area (Å²) in [5.41, 5.74) is 0. The summed E-state index contributed by atoms with van der Waals surface area (Å²) in [5, 5.41) is 15.3. The van der Waals surface area contributed by atoms with Crippen LogP contribution in [0.15, 0.2) is 0 Å². The van der Waals surface area contributed by atoms with Crippen LogP contribution in [0.2, 0.25) is 0 Å². The molecule has 19 heavy (non-hydrogen) atoms. The number of aliphatic carboxylic acids is 1. The third-order valence-electron chi connectivity index (χ3n) is 4.29. The van der Waals surface area contributed by atoms with Crippen molar-refractivity contribution in [2.45, 2.75) is 64.1 Å². The molecule has 2 fully saturated rings. The third kappa shape index (κ3) is 3.69. The number of nitrogens with one attached hydrogen (secondary N) is 2. The van der Waals surface area contributed by atoms with E-state index in [9.17, 15) is 9.59 Å². The van der Waals surface area contributed by atoms with Crippen LogP contribution in [-0.2, 0) is 9.59 Å². The van der Waals surface area contributed by atoms with E-state index in [0.717, 1.165) is 12.8 Å². The number of hydrogen-bond acceptors (Lipinski definition) is 3. The fourth-order valence-electron chi connectivity index (χ4n) is 3.35. The van der Waals surface area contributed by atoms with Crippen molar-refractivity contribution in [3.8, 4) is 0 Å². The van der Waals surface area contributed by atoms with Gasteiger partial charge < -0.3 is 15.7 Å². The smallest absolute Gasteiger partial charge is 0.326 e. The number of fused-ring (bicyclic) bond motifs is 2. The first-order valence-corrected chi connectivity index (χ1v) is 7.24. The van der Waals surface area contributed by atoms with Crippen molar-refractivity contribution in [2.24, 2.45) is 11.8 Å². The number of carbonyl (C=O) groups excluding carboxylic acids is 1. The van der Waals surface area contributed by atoms with E-state index >= 15 is 0 Å². The van der Waals surface area contributed by atoms with Gasteiger partial charge in [-0.1, -0.05) is 13.8 Å². The number of carboxylic acids is 1. The van der Waals surface area contributed by atoms with Crippen LogP contribution in [0.25, 0.3) is 0 Å². The summed E-state index contributed by atoms with van der Waals surface area (Å²) < 4.78 is 0. The molecular formula is C14H24N2O3. The van der Waals surface area contributed by atoms with E-state index < -0.39 is 12.0 Å². The maximum absolute atomic E-state index is 12.0. The van der Waals surface area contributed by atoms with Gasteiger partial charge in [0.25, 0.3) is 0 Å². The topological polar surface area (TPSA) is 78.4 Å². The Morgan fingerprint density at radius 2 is 1.84 bits per heavy atom. The molecule has 0 aliphatic carbocycles. The molecule has 0 saturated carbocycles. The van der Waals surface area contributed by atoms with Crippen LogP contribution in [0.1, 0.15) is 46.0 Å². The van der Waals surface area contributed by atoms with Crippen molar-refractivity contribution >= 4 is 11.9 Å². The van der Waals surface area contributed by atoms with Crippen LogP contribution in [-0.4, -0.2) is 35.1 Å². The van der Waals surface area contributed by atoms with Gasteiger partial charge in [0.15, 0.2) is 0 Å². The van der Waals surface area contributed by atoms with Crippen molar-refractivity contribution in [1.29, 1.82) is 0 Å². The van der Waals surface area contributed by atoms with Crippen molar-refractivity contribution in [1.82, 2.24) is 10.6 Å². The summed E-state index contributed by atoms with van der Waals surface area (Å²) in [6.45, 7) is 3.62. The molecule has 0 radical (unpaired) electrons. The van der Waals surface area contributed by atoms with Gasteiger partial charge in [-0.3, -0.25) is 4.79 Å². The predicted octanol–water partition coefficient (Wildman–Crippen LogP) is 1.13. The first-order chi connectivity index (χ1) is 8.95. The third-order valence-corrected chi connectivity index (χ3v) is 4.29. The summed E-state index contributed by atoms with van der Waals surface area (Å²) in [5.74, 6) is -0.757. The zero-order chi connectivity index (χ0) is 14.0. The fraction of sp³-hybridized carbons (Fsp3) is 0.857. The molecule has 0 aromatic rings. The minimum absolute atomic E-state index is 0.0920. The van der Waals surface area contributed by atoms with Crippen LogP contribution in [0.5, 0.6) is 0 Å². The summed E-state index contributed by atoms with van der Waals surface area (Å²) in [6.07, 6.45) is 4.98. The molecule has 2 aliphatic heterocycles. The van der Waals surface area contributed by atoms with Gasteiger partial charge in [0.1, 0.15) is 6.04 Å². The Kier molecular flexibility index (Phi) is 4.45. The predicted molar refractivity (Wildman–Crippen MR) is 71.7 cm³/mol. The molecule has 108 valence electrons. The van der Waals surface area contributed by atoms with Crippen LogP contribution >= 0.6 is 0 Å². The van der Waals surface area contributed by atoms with Gasteiger partial charge in [-0.15, -0.1) is 0 Å². The number of piperidine rings is 1. The van der Waals surface area contributed by atoms with E-state index in [1.807, 2.05) is 13.8 Å². The van der Waals surface area contributed by atoms with Crippen LogP contribution < -0.4 is 10.6 Å².